The lowest BCUT2D eigenvalue weighted by Gasteiger charge is -2.18. The molecule has 0 spiro atoms. The van der Waals surface area contributed by atoms with Crippen LogP contribution >= 0.6 is 0 Å². The van der Waals surface area contributed by atoms with Gasteiger partial charge in [0, 0.05) is 0 Å². The van der Waals surface area contributed by atoms with E-state index in [1.165, 1.54) is 6.07 Å². The number of hydrogen-bond acceptors (Lipinski definition) is 2. The molecule has 0 heterocycles. The van der Waals surface area contributed by atoms with Gasteiger partial charge < -0.3 is 10.4 Å². The van der Waals surface area contributed by atoms with Crippen molar-refractivity contribution in [3.63, 3.8) is 0 Å². The number of anilines is 1. The Morgan fingerprint density at radius 3 is 2.89 bits per heavy atom. The molecule has 2 aromatic rings. The number of nitrogens with one attached hydrogen (secondary N) is 1. The number of phenolic OH excluding ortho intramolecular Hbond substituents is 1. The summed E-state index contributed by atoms with van der Waals surface area (Å²) in [5, 5.41) is 12.8. The van der Waals surface area contributed by atoms with Crippen molar-refractivity contribution in [3.8, 4) is 5.75 Å². The van der Waals surface area contributed by atoms with Gasteiger partial charge in [-0.25, -0.2) is 4.39 Å². The van der Waals surface area contributed by atoms with Crippen molar-refractivity contribution in [1.29, 1.82) is 0 Å². The Labute approximate surface area is 111 Å². The van der Waals surface area contributed by atoms with Gasteiger partial charge in [0.2, 0.25) is 0 Å². The highest BCUT2D eigenvalue weighted by molar-refractivity contribution is 5.55. The molecule has 0 fully saturated rings. The number of halogens is 1. The molecule has 2 nitrogen and oxygen atoms in total. The van der Waals surface area contributed by atoms with Gasteiger partial charge in [0.1, 0.15) is 11.6 Å². The summed E-state index contributed by atoms with van der Waals surface area (Å²) in [5.74, 6) is 0.0775. The SMILES string of the molecule is Cc1cccc(F)c1NC1CCc2cc(O)ccc21. The molecule has 0 amide bonds. The van der Waals surface area contributed by atoms with Crippen LogP contribution in [0, 0.1) is 12.7 Å². The molecule has 19 heavy (non-hydrogen) atoms. The molecule has 0 bridgehead atoms. The number of aromatic hydroxyl groups is 1. The predicted molar refractivity (Wildman–Crippen MR) is 73.9 cm³/mol. The van der Waals surface area contributed by atoms with Gasteiger partial charge in [-0.1, -0.05) is 18.2 Å². The largest absolute Gasteiger partial charge is 0.508 e. The summed E-state index contributed by atoms with van der Waals surface area (Å²) in [4.78, 5) is 0. The minimum absolute atomic E-state index is 0.117. The summed E-state index contributed by atoms with van der Waals surface area (Å²) in [6.45, 7) is 1.90. The number of fused-ring (bicyclic) bond motifs is 1. The van der Waals surface area contributed by atoms with Crippen molar-refractivity contribution in [3.05, 3.63) is 58.9 Å². The van der Waals surface area contributed by atoms with Crippen LogP contribution in [-0.2, 0) is 6.42 Å². The van der Waals surface area contributed by atoms with Gasteiger partial charge in [-0.05, 0) is 54.7 Å². The van der Waals surface area contributed by atoms with E-state index in [1.807, 2.05) is 19.1 Å². The third kappa shape index (κ3) is 2.16. The zero-order valence-corrected chi connectivity index (χ0v) is 10.8. The normalized spacial score (nSPS) is 17.3. The second-order valence-corrected chi connectivity index (χ2v) is 5.05. The number of phenols is 1. The van der Waals surface area contributed by atoms with Crippen molar-refractivity contribution in [2.45, 2.75) is 25.8 Å². The molecular weight excluding hydrogens is 241 g/mol. The van der Waals surface area contributed by atoms with Gasteiger partial charge in [0.25, 0.3) is 0 Å². The van der Waals surface area contributed by atoms with Gasteiger partial charge in [-0.3, -0.25) is 0 Å². The smallest absolute Gasteiger partial charge is 0.146 e. The third-order valence-electron chi connectivity index (χ3n) is 3.74. The van der Waals surface area contributed by atoms with Crippen LogP contribution in [0.1, 0.15) is 29.2 Å². The average molecular weight is 257 g/mol. The summed E-state index contributed by atoms with van der Waals surface area (Å²) < 4.78 is 13.8. The molecule has 1 aliphatic carbocycles. The van der Waals surface area contributed by atoms with Crippen LogP contribution in [0.2, 0.25) is 0 Å². The first kappa shape index (κ1) is 12.0. The van der Waals surface area contributed by atoms with Crippen molar-refractivity contribution >= 4 is 5.69 Å². The fourth-order valence-electron chi connectivity index (χ4n) is 2.74. The number of aryl methyl sites for hydroxylation is 2. The maximum absolute atomic E-state index is 13.8. The van der Waals surface area contributed by atoms with Crippen molar-refractivity contribution in [1.82, 2.24) is 0 Å². The van der Waals surface area contributed by atoms with Crippen LogP contribution < -0.4 is 5.32 Å². The fraction of sp³-hybridized carbons (Fsp3) is 0.250. The van der Waals surface area contributed by atoms with Crippen molar-refractivity contribution in [2.75, 3.05) is 5.32 Å². The highest BCUT2D eigenvalue weighted by Crippen LogP contribution is 2.36. The van der Waals surface area contributed by atoms with Crippen LogP contribution in [0.15, 0.2) is 36.4 Å². The number of benzene rings is 2. The Bertz CT molecular complexity index is 604. The summed E-state index contributed by atoms with van der Waals surface area (Å²) in [5.41, 5.74) is 3.78. The third-order valence-corrected chi connectivity index (χ3v) is 3.74. The minimum Gasteiger partial charge on any atom is -0.508 e. The zero-order chi connectivity index (χ0) is 13.4. The molecular formula is C16H16FNO. The van der Waals surface area contributed by atoms with E-state index in [9.17, 15) is 9.50 Å². The lowest BCUT2D eigenvalue weighted by atomic mass is 10.1. The molecule has 3 heteroatoms. The minimum atomic E-state index is -0.216. The average Bonchev–Trinajstić information content (AvgIpc) is 2.76. The van der Waals surface area contributed by atoms with E-state index >= 15 is 0 Å². The van der Waals surface area contributed by atoms with Crippen LogP contribution in [-0.4, -0.2) is 5.11 Å². The Morgan fingerprint density at radius 2 is 2.11 bits per heavy atom. The molecule has 0 aromatic heterocycles. The molecule has 2 aromatic carbocycles. The molecule has 0 radical (unpaired) electrons. The van der Waals surface area contributed by atoms with Crippen molar-refractivity contribution < 1.29 is 9.50 Å². The van der Waals surface area contributed by atoms with Crippen LogP contribution in [0.5, 0.6) is 5.75 Å². The molecule has 98 valence electrons. The first-order chi connectivity index (χ1) is 9.15. The van der Waals surface area contributed by atoms with E-state index in [2.05, 4.69) is 5.32 Å². The number of rotatable bonds is 2. The van der Waals surface area contributed by atoms with E-state index < -0.39 is 0 Å². The van der Waals surface area contributed by atoms with Gasteiger partial charge in [-0.2, -0.15) is 0 Å². The molecule has 2 N–H and O–H groups in total. The Balaban J connectivity index is 1.91. The lowest BCUT2D eigenvalue weighted by Crippen LogP contribution is -2.09. The Morgan fingerprint density at radius 1 is 1.26 bits per heavy atom. The summed E-state index contributed by atoms with van der Waals surface area (Å²) in [6.07, 6.45) is 1.83. The monoisotopic (exact) mass is 257 g/mol. The first-order valence-corrected chi connectivity index (χ1v) is 6.48. The van der Waals surface area contributed by atoms with Crippen LogP contribution in [0.25, 0.3) is 0 Å². The standard InChI is InChI=1S/C16H16FNO/c1-10-3-2-4-14(17)16(10)18-15-8-5-11-9-12(19)6-7-13(11)15/h2-4,6-7,9,15,18-19H,5,8H2,1H3. The lowest BCUT2D eigenvalue weighted by molar-refractivity contribution is 0.474. The maximum Gasteiger partial charge on any atom is 0.146 e. The van der Waals surface area contributed by atoms with E-state index in [0.717, 1.165) is 29.5 Å². The number of hydrogen-bond donors (Lipinski definition) is 2. The van der Waals surface area contributed by atoms with Crippen molar-refractivity contribution in [2.24, 2.45) is 0 Å². The summed E-state index contributed by atoms with van der Waals surface area (Å²) in [6, 6.07) is 10.6. The number of para-hydroxylation sites is 1. The van der Waals surface area contributed by atoms with Crippen LogP contribution in [0.4, 0.5) is 10.1 Å². The molecule has 0 saturated carbocycles. The van der Waals surface area contributed by atoms with Crippen LogP contribution in [0.3, 0.4) is 0 Å². The maximum atomic E-state index is 13.8. The highest BCUT2D eigenvalue weighted by Gasteiger charge is 2.23. The topological polar surface area (TPSA) is 32.3 Å². The second-order valence-electron chi connectivity index (χ2n) is 5.05. The molecule has 3 rings (SSSR count). The molecule has 1 atom stereocenters. The van der Waals surface area contributed by atoms with Gasteiger partial charge in [0.05, 0.1) is 11.7 Å². The molecule has 1 unspecified atom stereocenters. The molecule has 0 saturated heterocycles. The molecule has 1 aliphatic rings. The van der Waals surface area contributed by atoms with Gasteiger partial charge in [-0.15, -0.1) is 0 Å². The summed E-state index contributed by atoms with van der Waals surface area (Å²) in [7, 11) is 0. The Hall–Kier alpha value is -2.03. The quantitative estimate of drug-likeness (QED) is 0.854. The highest BCUT2D eigenvalue weighted by atomic mass is 19.1. The van der Waals surface area contributed by atoms with E-state index in [1.54, 1.807) is 18.2 Å². The van der Waals surface area contributed by atoms with E-state index in [4.69, 9.17) is 0 Å². The first-order valence-electron chi connectivity index (χ1n) is 6.48. The predicted octanol–water partition coefficient (Wildman–Crippen LogP) is 3.94. The molecule has 0 aliphatic heterocycles. The summed E-state index contributed by atoms with van der Waals surface area (Å²) >= 11 is 0. The van der Waals surface area contributed by atoms with Gasteiger partial charge in [0.15, 0.2) is 0 Å². The Kier molecular flexibility index (Phi) is 2.90. The fourth-order valence-corrected chi connectivity index (χ4v) is 2.74. The van der Waals surface area contributed by atoms with E-state index in [0.29, 0.717) is 11.4 Å². The second kappa shape index (κ2) is 4.57. The zero-order valence-electron chi connectivity index (χ0n) is 10.8. The van der Waals surface area contributed by atoms with E-state index in [-0.39, 0.29) is 11.9 Å². The van der Waals surface area contributed by atoms with Gasteiger partial charge >= 0.3 is 0 Å².